The zero-order valence-corrected chi connectivity index (χ0v) is 20.8. The minimum Gasteiger partial charge on any atom is -0.492 e. The number of aromatic amines is 2. The number of fused-ring (bicyclic) bond motifs is 1. The molecule has 10 nitrogen and oxygen atoms in total. The number of aromatic nitrogens is 3. The molecular formula is C26H31FN5O5+. The zero-order chi connectivity index (χ0) is 26.3. The van der Waals surface area contributed by atoms with Crippen LogP contribution in [-0.2, 0) is 4.79 Å². The summed E-state index contributed by atoms with van der Waals surface area (Å²) in [6, 6.07) is 2.55. The van der Waals surface area contributed by atoms with Crippen molar-refractivity contribution in [1.29, 1.82) is 0 Å². The van der Waals surface area contributed by atoms with E-state index in [-0.39, 0.29) is 12.4 Å². The van der Waals surface area contributed by atoms with Gasteiger partial charge >= 0.3 is 0 Å². The minimum absolute atomic E-state index is 0.0299. The summed E-state index contributed by atoms with van der Waals surface area (Å²) in [5, 5.41) is 22.5. The number of carbonyl (C=O) groups excluding carboxylic acids is 2. The van der Waals surface area contributed by atoms with E-state index in [1.807, 2.05) is 0 Å². The predicted octanol–water partition coefficient (Wildman–Crippen LogP) is 1.27. The fourth-order valence-corrected chi connectivity index (χ4v) is 4.78. The van der Waals surface area contributed by atoms with Crippen molar-refractivity contribution < 1.29 is 33.9 Å². The Kier molecular flexibility index (Phi) is 6.82. The Balaban J connectivity index is 1.44. The van der Waals surface area contributed by atoms with E-state index in [0.717, 1.165) is 12.8 Å². The van der Waals surface area contributed by atoms with Gasteiger partial charge in [-0.3, -0.25) is 9.59 Å². The van der Waals surface area contributed by atoms with Crippen molar-refractivity contribution in [1.82, 2.24) is 20.2 Å². The largest absolute Gasteiger partial charge is 0.492 e. The Morgan fingerprint density at radius 2 is 2.08 bits per heavy atom. The Bertz CT molecular complexity index is 1350. The van der Waals surface area contributed by atoms with Crippen molar-refractivity contribution in [2.75, 3.05) is 26.3 Å². The summed E-state index contributed by atoms with van der Waals surface area (Å²) in [5.74, 6) is -0.302. The summed E-state index contributed by atoms with van der Waals surface area (Å²) in [6.45, 7) is 3.70. The number of nitrogens with zero attached hydrogens (tertiary/aromatic N) is 2. The fourth-order valence-electron chi connectivity index (χ4n) is 4.78. The van der Waals surface area contributed by atoms with Gasteiger partial charge in [0.15, 0.2) is 5.69 Å². The molecule has 0 radical (unpaired) electrons. The van der Waals surface area contributed by atoms with Crippen molar-refractivity contribution in [3.05, 3.63) is 41.1 Å². The van der Waals surface area contributed by atoms with Crippen LogP contribution in [0.15, 0.2) is 18.5 Å². The van der Waals surface area contributed by atoms with Crippen LogP contribution in [0.4, 0.5) is 4.39 Å². The van der Waals surface area contributed by atoms with Crippen LogP contribution in [-0.4, -0.2) is 75.3 Å². The summed E-state index contributed by atoms with van der Waals surface area (Å²) in [5.41, 5.74) is 3.69. The number of aliphatic hydroxyl groups is 2. The number of halogens is 1. The van der Waals surface area contributed by atoms with Gasteiger partial charge in [-0.2, -0.15) is 0 Å². The third kappa shape index (κ3) is 5.01. The third-order valence-corrected chi connectivity index (χ3v) is 7.13. The van der Waals surface area contributed by atoms with E-state index in [1.54, 1.807) is 19.9 Å². The number of rotatable bonds is 7. The second kappa shape index (κ2) is 10.1. The molecule has 0 spiro atoms. The SMILES string of the molecule is Cc1cc(-c2[nH+]cnc3c(C(=O)N[C@@H]4CCN(C(=O)CO)C[C@H]4O)c(C)[nH]c23)c(OCC2CC2)cc1F. The zero-order valence-electron chi connectivity index (χ0n) is 20.8. The molecule has 5 N–H and O–H groups in total. The van der Waals surface area contributed by atoms with Crippen LogP contribution in [0.1, 0.15) is 40.9 Å². The maximum atomic E-state index is 14.4. The van der Waals surface area contributed by atoms with Crippen LogP contribution < -0.4 is 15.0 Å². The maximum Gasteiger partial charge on any atom is 0.285 e. The Morgan fingerprint density at radius 3 is 2.78 bits per heavy atom. The number of carbonyl (C=O) groups is 2. The molecule has 196 valence electrons. The van der Waals surface area contributed by atoms with Crippen LogP contribution in [0.3, 0.4) is 0 Å². The Hall–Kier alpha value is -3.57. The molecule has 3 aromatic rings. The van der Waals surface area contributed by atoms with E-state index in [0.29, 0.717) is 70.4 Å². The third-order valence-electron chi connectivity index (χ3n) is 7.13. The van der Waals surface area contributed by atoms with Gasteiger partial charge in [0.1, 0.15) is 29.3 Å². The van der Waals surface area contributed by atoms with Gasteiger partial charge in [0.05, 0.1) is 24.3 Å². The number of β-amino-alcohol motifs (C(OH)–C–C–N with tert-alkyl or cyclic N) is 1. The van der Waals surface area contributed by atoms with Crippen LogP contribution >= 0.6 is 0 Å². The number of H-pyrrole nitrogens is 2. The minimum atomic E-state index is -0.969. The number of ether oxygens (including phenoxy) is 1. The predicted molar refractivity (Wildman–Crippen MR) is 131 cm³/mol. The molecule has 0 bridgehead atoms. The van der Waals surface area contributed by atoms with Crippen LogP contribution in [0, 0.1) is 25.6 Å². The molecule has 11 heteroatoms. The molecule has 1 aliphatic carbocycles. The van der Waals surface area contributed by atoms with E-state index >= 15 is 0 Å². The van der Waals surface area contributed by atoms with E-state index in [4.69, 9.17) is 9.84 Å². The lowest BCUT2D eigenvalue weighted by atomic mass is 10.0. The number of hydrogen-bond donors (Lipinski definition) is 4. The number of amides is 2. The molecule has 2 amide bonds. The van der Waals surface area contributed by atoms with E-state index in [9.17, 15) is 19.1 Å². The average Bonchev–Trinajstić information content (AvgIpc) is 3.64. The van der Waals surface area contributed by atoms with Crippen LogP contribution in [0.2, 0.25) is 0 Å². The van der Waals surface area contributed by atoms with Gasteiger partial charge in [0.25, 0.3) is 12.2 Å². The molecule has 1 aromatic carbocycles. The van der Waals surface area contributed by atoms with Crippen molar-refractivity contribution in [3.63, 3.8) is 0 Å². The topological polar surface area (TPSA) is 142 Å². The summed E-state index contributed by atoms with van der Waals surface area (Å²) in [4.78, 5) is 37.2. The summed E-state index contributed by atoms with van der Waals surface area (Å²) >= 11 is 0. The van der Waals surface area contributed by atoms with Crippen molar-refractivity contribution in [3.8, 4) is 17.0 Å². The second-order valence-corrected chi connectivity index (χ2v) is 9.91. The summed E-state index contributed by atoms with van der Waals surface area (Å²) < 4.78 is 20.4. The number of nitrogens with one attached hydrogen (secondary N) is 3. The quantitative estimate of drug-likeness (QED) is 0.376. The number of aryl methyl sites for hydroxylation is 2. The van der Waals surface area contributed by atoms with Gasteiger partial charge in [0, 0.05) is 24.8 Å². The first-order chi connectivity index (χ1) is 17.8. The fraction of sp³-hybridized carbons (Fsp3) is 0.462. The molecule has 3 heterocycles. The molecule has 0 unspecified atom stereocenters. The van der Waals surface area contributed by atoms with Gasteiger partial charge < -0.3 is 30.2 Å². The van der Waals surface area contributed by atoms with Crippen molar-refractivity contribution >= 4 is 22.8 Å². The normalized spacial score (nSPS) is 19.8. The van der Waals surface area contributed by atoms with Gasteiger partial charge in [-0.15, -0.1) is 0 Å². The van der Waals surface area contributed by atoms with E-state index in [1.165, 1.54) is 17.3 Å². The summed E-state index contributed by atoms with van der Waals surface area (Å²) in [7, 11) is 0. The highest BCUT2D eigenvalue weighted by Crippen LogP contribution is 2.36. The van der Waals surface area contributed by atoms with E-state index in [2.05, 4.69) is 20.3 Å². The number of benzene rings is 1. The van der Waals surface area contributed by atoms with E-state index < -0.39 is 30.6 Å². The standard InChI is InChI=1S/C26H30FN5O5/c1-13-7-16(20(8-17(13)27)37-11-15-3-4-15)23-25-24(29-12-28-23)22(14(2)30-25)26(36)31-18-5-6-32(9-19(18)34)21(35)10-33/h7-8,12,15,18-19,30,33-34H,3-6,9-11H2,1-2H3,(H,31,36)/p+1/t18-,19-/m1/s1. The van der Waals surface area contributed by atoms with Crippen LogP contribution in [0.5, 0.6) is 5.75 Å². The molecule has 2 atom stereocenters. The lowest BCUT2D eigenvalue weighted by molar-refractivity contribution is -0.367. The van der Waals surface area contributed by atoms with Gasteiger partial charge in [-0.1, -0.05) is 0 Å². The Morgan fingerprint density at radius 1 is 1.30 bits per heavy atom. The maximum absolute atomic E-state index is 14.4. The average molecular weight is 513 g/mol. The molecule has 5 rings (SSSR count). The lowest BCUT2D eigenvalue weighted by Crippen LogP contribution is -2.55. The molecule has 1 saturated heterocycles. The van der Waals surface area contributed by atoms with Crippen molar-refractivity contribution in [2.24, 2.45) is 5.92 Å². The molecule has 37 heavy (non-hydrogen) atoms. The number of piperidine rings is 1. The highest BCUT2D eigenvalue weighted by Gasteiger charge is 2.33. The van der Waals surface area contributed by atoms with Crippen molar-refractivity contribution in [2.45, 2.75) is 45.3 Å². The second-order valence-electron chi connectivity index (χ2n) is 9.91. The van der Waals surface area contributed by atoms with Gasteiger partial charge in [-0.25, -0.2) is 9.37 Å². The molecule has 1 aliphatic heterocycles. The highest BCUT2D eigenvalue weighted by atomic mass is 19.1. The molecule has 2 aliphatic rings. The number of aliphatic hydroxyl groups excluding tert-OH is 2. The Labute approximate surface area is 212 Å². The highest BCUT2D eigenvalue weighted by molar-refractivity contribution is 6.08. The first kappa shape index (κ1) is 25.1. The number of likely N-dealkylation sites (tertiary alicyclic amines) is 1. The summed E-state index contributed by atoms with van der Waals surface area (Å²) in [6.07, 6.45) is 3.08. The lowest BCUT2D eigenvalue weighted by Gasteiger charge is -2.35. The number of hydrogen-bond acceptors (Lipinski definition) is 6. The monoisotopic (exact) mass is 512 g/mol. The molecule has 2 fully saturated rings. The molecule has 1 saturated carbocycles. The first-order valence-electron chi connectivity index (χ1n) is 12.5. The van der Waals surface area contributed by atoms with Gasteiger partial charge in [0.2, 0.25) is 11.4 Å². The van der Waals surface area contributed by atoms with Gasteiger partial charge in [-0.05, 0) is 55.6 Å². The van der Waals surface area contributed by atoms with Crippen LogP contribution in [0.25, 0.3) is 22.3 Å². The first-order valence-corrected chi connectivity index (χ1v) is 12.5. The molecular weight excluding hydrogens is 481 g/mol. The molecule has 2 aromatic heterocycles. The smallest absolute Gasteiger partial charge is 0.285 e.